The molecule has 1 unspecified atom stereocenters. The van der Waals surface area contributed by atoms with Gasteiger partial charge in [-0.05, 0) is 30.4 Å². The van der Waals surface area contributed by atoms with E-state index in [2.05, 4.69) is 11.4 Å². The lowest BCUT2D eigenvalue weighted by Crippen LogP contribution is -2.47. The number of carboxylic acids is 1. The summed E-state index contributed by atoms with van der Waals surface area (Å²) >= 11 is 0. The Labute approximate surface area is 125 Å². The van der Waals surface area contributed by atoms with Crippen LogP contribution in [0.25, 0.3) is 0 Å². The van der Waals surface area contributed by atoms with Gasteiger partial charge in [0.15, 0.2) is 0 Å². The Morgan fingerprint density at radius 1 is 1.33 bits per heavy atom. The molecule has 1 aromatic rings. The third-order valence-electron chi connectivity index (χ3n) is 3.81. The largest absolute Gasteiger partial charge is 0.480 e. The van der Waals surface area contributed by atoms with E-state index < -0.39 is 12.0 Å². The number of amides is 2. The fourth-order valence-electron chi connectivity index (χ4n) is 2.66. The van der Waals surface area contributed by atoms with Crippen molar-refractivity contribution in [2.75, 3.05) is 6.54 Å². The molecule has 5 nitrogen and oxygen atoms in total. The van der Waals surface area contributed by atoms with E-state index in [-0.39, 0.29) is 6.03 Å². The van der Waals surface area contributed by atoms with Gasteiger partial charge in [0.25, 0.3) is 0 Å². The second-order valence-electron chi connectivity index (χ2n) is 5.42. The Bertz CT molecular complexity index is 516. The molecule has 0 fully saturated rings. The van der Waals surface area contributed by atoms with Crippen LogP contribution in [0, 0.1) is 0 Å². The molecule has 5 heteroatoms. The number of nitrogens with zero attached hydrogens (tertiary/aromatic N) is 1. The Kier molecular flexibility index (Phi) is 5.20. The van der Waals surface area contributed by atoms with E-state index >= 15 is 0 Å². The van der Waals surface area contributed by atoms with Gasteiger partial charge in [-0.2, -0.15) is 0 Å². The number of rotatable bonds is 4. The fraction of sp³-hybridized carbons (Fsp3) is 0.500. The summed E-state index contributed by atoms with van der Waals surface area (Å²) in [5.74, 6) is -0.972. The molecule has 2 rings (SSSR count). The fourth-order valence-corrected chi connectivity index (χ4v) is 2.66. The van der Waals surface area contributed by atoms with Gasteiger partial charge in [0.2, 0.25) is 0 Å². The molecule has 2 amide bonds. The van der Waals surface area contributed by atoms with Gasteiger partial charge in [0.05, 0.1) is 0 Å². The summed E-state index contributed by atoms with van der Waals surface area (Å²) in [7, 11) is 0. The molecule has 2 N–H and O–H groups in total. The average molecular weight is 290 g/mol. The molecule has 0 aliphatic carbocycles. The lowest BCUT2D eigenvalue weighted by Gasteiger charge is -2.24. The van der Waals surface area contributed by atoms with E-state index in [0.717, 1.165) is 24.8 Å². The van der Waals surface area contributed by atoms with Crippen LogP contribution in [0.5, 0.6) is 0 Å². The molecule has 0 spiro atoms. The Balaban J connectivity index is 2.04. The maximum Gasteiger partial charge on any atom is 0.326 e. The molecule has 0 saturated carbocycles. The number of hydrogen-bond acceptors (Lipinski definition) is 2. The van der Waals surface area contributed by atoms with Gasteiger partial charge in [0, 0.05) is 13.1 Å². The van der Waals surface area contributed by atoms with Crippen LogP contribution in [0.15, 0.2) is 24.3 Å². The number of carboxylic acid groups (broad SMARTS) is 1. The van der Waals surface area contributed by atoms with Crippen molar-refractivity contribution in [2.24, 2.45) is 0 Å². The summed E-state index contributed by atoms with van der Waals surface area (Å²) in [6.45, 7) is 3.10. The number of aliphatic carboxylic acids is 1. The highest BCUT2D eigenvalue weighted by Gasteiger charge is 2.24. The van der Waals surface area contributed by atoms with Crippen LogP contribution in [-0.4, -0.2) is 34.6 Å². The first-order chi connectivity index (χ1) is 10.1. The smallest absolute Gasteiger partial charge is 0.326 e. The molecule has 1 aliphatic heterocycles. The van der Waals surface area contributed by atoms with E-state index in [1.165, 1.54) is 5.56 Å². The topological polar surface area (TPSA) is 69.6 Å². The number of carbonyl (C=O) groups excluding carboxylic acids is 1. The first kappa shape index (κ1) is 15.4. The molecule has 114 valence electrons. The van der Waals surface area contributed by atoms with Crippen LogP contribution in [0.3, 0.4) is 0 Å². The number of benzene rings is 1. The second kappa shape index (κ2) is 7.11. The minimum absolute atomic E-state index is 0.285. The molecule has 0 saturated heterocycles. The predicted octanol–water partition coefficient (Wildman–Crippen LogP) is 2.40. The average Bonchev–Trinajstić information content (AvgIpc) is 2.68. The Morgan fingerprint density at radius 3 is 2.71 bits per heavy atom. The van der Waals surface area contributed by atoms with E-state index in [1.807, 2.05) is 25.1 Å². The van der Waals surface area contributed by atoms with E-state index in [0.29, 0.717) is 19.5 Å². The minimum Gasteiger partial charge on any atom is -0.480 e. The number of hydrogen-bond donors (Lipinski definition) is 2. The van der Waals surface area contributed by atoms with Crippen LogP contribution in [0.4, 0.5) is 4.79 Å². The van der Waals surface area contributed by atoms with Gasteiger partial charge in [-0.25, -0.2) is 9.59 Å². The van der Waals surface area contributed by atoms with Crippen LogP contribution >= 0.6 is 0 Å². The van der Waals surface area contributed by atoms with E-state index in [1.54, 1.807) is 4.90 Å². The molecule has 1 aromatic carbocycles. The third kappa shape index (κ3) is 3.97. The number of carbonyl (C=O) groups is 2. The van der Waals surface area contributed by atoms with Gasteiger partial charge >= 0.3 is 12.0 Å². The summed E-state index contributed by atoms with van der Waals surface area (Å²) in [4.78, 5) is 25.1. The highest BCUT2D eigenvalue weighted by Crippen LogP contribution is 2.18. The summed E-state index contributed by atoms with van der Waals surface area (Å²) in [5.41, 5.74) is 2.42. The summed E-state index contributed by atoms with van der Waals surface area (Å²) in [6.07, 6.45) is 3.03. The quantitative estimate of drug-likeness (QED) is 0.894. The van der Waals surface area contributed by atoms with Gasteiger partial charge in [-0.1, -0.05) is 37.6 Å². The van der Waals surface area contributed by atoms with Crippen molar-refractivity contribution in [1.82, 2.24) is 10.2 Å². The molecule has 1 atom stereocenters. The second-order valence-corrected chi connectivity index (χ2v) is 5.42. The molecular formula is C16H22N2O3. The molecule has 1 heterocycles. The van der Waals surface area contributed by atoms with Gasteiger partial charge in [-0.3, -0.25) is 0 Å². The first-order valence-electron chi connectivity index (χ1n) is 7.47. The molecular weight excluding hydrogens is 268 g/mol. The summed E-state index contributed by atoms with van der Waals surface area (Å²) in [5, 5.41) is 11.8. The van der Waals surface area contributed by atoms with Crippen molar-refractivity contribution < 1.29 is 14.7 Å². The van der Waals surface area contributed by atoms with Gasteiger partial charge in [0.1, 0.15) is 6.04 Å². The lowest BCUT2D eigenvalue weighted by molar-refractivity contribution is -0.139. The zero-order chi connectivity index (χ0) is 15.2. The van der Waals surface area contributed by atoms with Gasteiger partial charge < -0.3 is 15.3 Å². The lowest BCUT2D eigenvalue weighted by atomic mass is 10.0. The first-order valence-corrected chi connectivity index (χ1v) is 7.47. The number of aryl methyl sites for hydroxylation is 1. The van der Waals surface area contributed by atoms with Crippen LogP contribution < -0.4 is 5.32 Å². The predicted molar refractivity (Wildman–Crippen MR) is 80.0 cm³/mol. The minimum atomic E-state index is -0.972. The van der Waals surface area contributed by atoms with Crippen molar-refractivity contribution in [3.63, 3.8) is 0 Å². The van der Waals surface area contributed by atoms with Crippen molar-refractivity contribution in [1.29, 1.82) is 0 Å². The maximum absolute atomic E-state index is 12.3. The SMILES string of the molecule is CCCC(NC(=O)N1CCCc2ccccc2C1)C(=O)O. The summed E-state index contributed by atoms with van der Waals surface area (Å²) in [6, 6.07) is 7.01. The van der Waals surface area contributed by atoms with Crippen LogP contribution in [0.1, 0.15) is 37.3 Å². The van der Waals surface area contributed by atoms with Crippen molar-refractivity contribution in [3.8, 4) is 0 Å². The third-order valence-corrected chi connectivity index (χ3v) is 3.81. The van der Waals surface area contributed by atoms with Crippen molar-refractivity contribution >= 4 is 12.0 Å². The maximum atomic E-state index is 12.3. The Hall–Kier alpha value is -2.04. The van der Waals surface area contributed by atoms with E-state index in [4.69, 9.17) is 5.11 Å². The Morgan fingerprint density at radius 2 is 2.05 bits per heavy atom. The molecule has 0 radical (unpaired) electrons. The molecule has 0 aromatic heterocycles. The van der Waals surface area contributed by atoms with Crippen LogP contribution in [-0.2, 0) is 17.8 Å². The summed E-state index contributed by atoms with van der Waals surface area (Å²) < 4.78 is 0. The monoisotopic (exact) mass is 290 g/mol. The normalized spacial score (nSPS) is 15.8. The van der Waals surface area contributed by atoms with E-state index in [9.17, 15) is 9.59 Å². The standard InChI is InChI=1S/C16H22N2O3/c1-2-6-14(15(19)20)17-16(21)18-10-5-9-12-7-3-4-8-13(12)11-18/h3-4,7-8,14H,2,5-6,9-11H2,1H3,(H,17,21)(H,19,20). The number of fused-ring (bicyclic) bond motifs is 1. The van der Waals surface area contributed by atoms with Crippen molar-refractivity contribution in [2.45, 2.75) is 45.2 Å². The van der Waals surface area contributed by atoms with Gasteiger partial charge in [-0.15, -0.1) is 0 Å². The number of urea groups is 1. The zero-order valence-electron chi connectivity index (χ0n) is 12.3. The van der Waals surface area contributed by atoms with Crippen molar-refractivity contribution in [3.05, 3.63) is 35.4 Å². The highest BCUT2D eigenvalue weighted by molar-refractivity contribution is 5.82. The molecule has 21 heavy (non-hydrogen) atoms. The number of nitrogens with one attached hydrogen (secondary N) is 1. The highest BCUT2D eigenvalue weighted by atomic mass is 16.4. The zero-order valence-corrected chi connectivity index (χ0v) is 12.3. The molecule has 0 bridgehead atoms. The van der Waals surface area contributed by atoms with Crippen LogP contribution in [0.2, 0.25) is 0 Å². The molecule has 1 aliphatic rings.